The van der Waals surface area contributed by atoms with Crippen molar-refractivity contribution in [1.82, 2.24) is 9.97 Å². The second-order valence-electron chi connectivity index (χ2n) is 6.74. The Hall–Kier alpha value is -4.46. The summed E-state index contributed by atoms with van der Waals surface area (Å²) in [6, 6.07) is 20.0. The number of methoxy groups -OCH3 is 1. The van der Waals surface area contributed by atoms with Crippen LogP contribution in [0.1, 0.15) is 10.4 Å². The van der Waals surface area contributed by atoms with E-state index in [2.05, 4.69) is 25.9 Å². The Bertz CT molecular complexity index is 1210. The van der Waals surface area contributed by atoms with E-state index in [-0.39, 0.29) is 11.7 Å². The van der Waals surface area contributed by atoms with Gasteiger partial charge in [0.05, 0.1) is 18.4 Å². The van der Waals surface area contributed by atoms with E-state index in [0.717, 1.165) is 11.4 Å². The molecule has 0 spiro atoms. The second-order valence-corrected chi connectivity index (χ2v) is 6.74. The number of anilines is 5. The van der Waals surface area contributed by atoms with Crippen molar-refractivity contribution in [2.45, 2.75) is 0 Å². The number of carbonyl (C=O) groups is 1. The number of amides is 1. The summed E-state index contributed by atoms with van der Waals surface area (Å²) < 4.78 is 18.4. The molecule has 2 heterocycles. The Labute approximate surface area is 184 Å². The van der Waals surface area contributed by atoms with Crippen molar-refractivity contribution in [3.8, 4) is 5.75 Å². The van der Waals surface area contributed by atoms with E-state index in [1.54, 1.807) is 55.9 Å². The van der Waals surface area contributed by atoms with Crippen LogP contribution in [-0.2, 0) is 0 Å². The molecular weight excluding hydrogens is 409 g/mol. The van der Waals surface area contributed by atoms with Gasteiger partial charge in [-0.1, -0.05) is 0 Å². The molecule has 2 aromatic heterocycles. The maximum absolute atomic E-state index is 13.2. The molecule has 0 unspecified atom stereocenters. The number of hydrogen-bond donors (Lipinski definition) is 3. The van der Waals surface area contributed by atoms with E-state index >= 15 is 0 Å². The molecular formula is C24H20FN5O2. The summed E-state index contributed by atoms with van der Waals surface area (Å²) in [4.78, 5) is 21.6. The highest BCUT2D eigenvalue weighted by Gasteiger charge is 2.15. The molecule has 4 aromatic rings. The van der Waals surface area contributed by atoms with Crippen molar-refractivity contribution < 1.29 is 13.9 Å². The molecule has 8 heteroatoms. The molecule has 0 saturated heterocycles. The molecule has 1 amide bonds. The van der Waals surface area contributed by atoms with Gasteiger partial charge in [0.25, 0.3) is 5.91 Å². The van der Waals surface area contributed by atoms with Gasteiger partial charge in [0.2, 0.25) is 0 Å². The highest BCUT2D eigenvalue weighted by Crippen LogP contribution is 2.26. The Morgan fingerprint density at radius 2 is 1.41 bits per heavy atom. The van der Waals surface area contributed by atoms with Gasteiger partial charge in [-0.15, -0.1) is 0 Å². The molecule has 0 saturated carbocycles. The summed E-state index contributed by atoms with van der Waals surface area (Å²) >= 11 is 0. The average Bonchev–Trinajstić information content (AvgIpc) is 2.82. The van der Waals surface area contributed by atoms with Crippen molar-refractivity contribution in [2.24, 2.45) is 0 Å². The number of aromatic nitrogens is 2. The third-order valence-electron chi connectivity index (χ3n) is 4.57. The van der Waals surface area contributed by atoms with Crippen LogP contribution in [0.4, 0.5) is 33.1 Å². The fourth-order valence-electron chi connectivity index (χ4n) is 2.96. The molecule has 0 atom stereocenters. The van der Waals surface area contributed by atoms with Gasteiger partial charge in [-0.3, -0.25) is 4.79 Å². The van der Waals surface area contributed by atoms with Gasteiger partial charge in [-0.2, -0.15) is 0 Å². The normalized spacial score (nSPS) is 10.3. The summed E-state index contributed by atoms with van der Waals surface area (Å²) in [6.07, 6.45) is 3.20. The zero-order valence-electron chi connectivity index (χ0n) is 17.2. The van der Waals surface area contributed by atoms with Crippen LogP contribution in [0.5, 0.6) is 5.75 Å². The van der Waals surface area contributed by atoms with Crippen LogP contribution in [0.25, 0.3) is 0 Å². The molecule has 0 aliphatic heterocycles. The standard InChI is InChI=1S/C24H20FN5O2/c1-32-19-12-10-18(11-13-19)29-23-21(5-3-15-27-23)30-24(31)20-4-2-14-26-22(20)28-17-8-6-16(25)7-9-17/h2-15H,1H3,(H,26,28)(H,27,29)(H,30,31). The quantitative estimate of drug-likeness (QED) is 0.366. The summed E-state index contributed by atoms with van der Waals surface area (Å²) in [5.41, 5.74) is 2.24. The number of rotatable bonds is 7. The molecule has 160 valence electrons. The fourth-order valence-corrected chi connectivity index (χ4v) is 2.96. The first-order valence-electron chi connectivity index (χ1n) is 9.77. The highest BCUT2D eigenvalue weighted by atomic mass is 19.1. The van der Waals surface area contributed by atoms with Gasteiger partial charge >= 0.3 is 0 Å². The summed E-state index contributed by atoms with van der Waals surface area (Å²) in [7, 11) is 1.60. The number of halogens is 1. The predicted molar refractivity (Wildman–Crippen MR) is 122 cm³/mol. The van der Waals surface area contributed by atoms with Crippen LogP contribution in [0.3, 0.4) is 0 Å². The molecule has 4 rings (SSSR count). The van der Waals surface area contributed by atoms with Gasteiger partial charge in [-0.25, -0.2) is 14.4 Å². The first kappa shape index (κ1) is 20.8. The highest BCUT2D eigenvalue weighted by molar-refractivity contribution is 6.09. The number of pyridine rings is 2. The molecule has 0 aliphatic rings. The monoisotopic (exact) mass is 429 g/mol. The lowest BCUT2D eigenvalue weighted by Crippen LogP contribution is -2.16. The SMILES string of the molecule is COc1ccc(Nc2ncccc2NC(=O)c2cccnc2Nc2ccc(F)cc2)cc1. The average molecular weight is 429 g/mol. The van der Waals surface area contributed by atoms with Crippen LogP contribution in [0.2, 0.25) is 0 Å². The van der Waals surface area contributed by atoms with Crippen molar-refractivity contribution in [1.29, 1.82) is 0 Å². The van der Waals surface area contributed by atoms with E-state index in [9.17, 15) is 9.18 Å². The summed E-state index contributed by atoms with van der Waals surface area (Å²) in [5.74, 6) is 0.868. The second kappa shape index (κ2) is 9.57. The number of nitrogens with zero attached hydrogens (tertiary/aromatic N) is 2. The Kier molecular flexibility index (Phi) is 6.22. The molecule has 0 radical (unpaired) electrons. The van der Waals surface area contributed by atoms with Crippen LogP contribution in [0.15, 0.2) is 85.2 Å². The molecule has 0 aliphatic carbocycles. The van der Waals surface area contributed by atoms with Crippen molar-refractivity contribution >= 4 is 34.6 Å². The number of carbonyl (C=O) groups excluding carboxylic acids is 1. The van der Waals surface area contributed by atoms with Crippen molar-refractivity contribution in [3.05, 3.63) is 96.6 Å². The van der Waals surface area contributed by atoms with Crippen LogP contribution < -0.4 is 20.7 Å². The molecule has 2 aromatic carbocycles. The van der Waals surface area contributed by atoms with Crippen LogP contribution in [-0.4, -0.2) is 23.0 Å². The van der Waals surface area contributed by atoms with E-state index in [1.165, 1.54) is 12.1 Å². The number of benzene rings is 2. The smallest absolute Gasteiger partial charge is 0.259 e. The minimum Gasteiger partial charge on any atom is -0.497 e. The van der Waals surface area contributed by atoms with Crippen molar-refractivity contribution in [3.63, 3.8) is 0 Å². The largest absolute Gasteiger partial charge is 0.497 e. The number of ether oxygens (including phenoxy) is 1. The van der Waals surface area contributed by atoms with Crippen LogP contribution in [0, 0.1) is 5.82 Å². The lowest BCUT2D eigenvalue weighted by atomic mass is 10.2. The van der Waals surface area contributed by atoms with E-state index < -0.39 is 0 Å². The minimum absolute atomic E-state index is 0.330. The third-order valence-corrected chi connectivity index (χ3v) is 4.57. The fraction of sp³-hybridized carbons (Fsp3) is 0.0417. The lowest BCUT2D eigenvalue weighted by Gasteiger charge is -2.14. The van der Waals surface area contributed by atoms with Gasteiger partial charge in [0, 0.05) is 23.8 Å². The first-order chi connectivity index (χ1) is 15.6. The first-order valence-corrected chi connectivity index (χ1v) is 9.77. The number of hydrogen-bond acceptors (Lipinski definition) is 6. The van der Waals surface area contributed by atoms with Gasteiger partial charge < -0.3 is 20.7 Å². The zero-order chi connectivity index (χ0) is 22.3. The van der Waals surface area contributed by atoms with Crippen molar-refractivity contribution in [2.75, 3.05) is 23.1 Å². The number of nitrogens with one attached hydrogen (secondary N) is 3. The molecule has 7 nitrogen and oxygen atoms in total. The summed E-state index contributed by atoms with van der Waals surface area (Å²) in [6.45, 7) is 0. The Balaban J connectivity index is 1.54. The van der Waals surface area contributed by atoms with E-state index in [1.807, 2.05) is 24.3 Å². The maximum atomic E-state index is 13.2. The predicted octanol–water partition coefficient (Wildman–Crippen LogP) is 5.36. The van der Waals surface area contributed by atoms with E-state index in [0.29, 0.717) is 28.6 Å². The lowest BCUT2D eigenvalue weighted by molar-refractivity contribution is 0.102. The third kappa shape index (κ3) is 4.99. The van der Waals surface area contributed by atoms with Gasteiger partial charge in [-0.05, 0) is 72.8 Å². The molecule has 32 heavy (non-hydrogen) atoms. The van der Waals surface area contributed by atoms with Crippen LogP contribution >= 0.6 is 0 Å². The Morgan fingerprint density at radius 1 is 0.812 bits per heavy atom. The minimum atomic E-state index is -0.367. The topological polar surface area (TPSA) is 88.2 Å². The maximum Gasteiger partial charge on any atom is 0.259 e. The molecule has 3 N–H and O–H groups in total. The molecule has 0 bridgehead atoms. The van der Waals surface area contributed by atoms with E-state index in [4.69, 9.17) is 4.74 Å². The Morgan fingerprint density at radius 3 is 2.09 bits per heavy atom. The van der Waals surface area contributed by atoms with Gasteiger partial charge in [0.1, 0.15) is 17.4 Å². The molecule has 0 fully saturated rings. The van der Waals surface area contributed by atoms with Gasteiger partial charge in [0.15, 0.2) is 5.82 Å². The zero-order valence-corrected chi connectivity index (χ0v) is 17.2. The summed E-state index contributed by atoms with van der Waals surface area (Å²) in [5, 5.41) is 9.12.